The highest BCUT2D eigenvalue weighted by molar-refractivity contribution is 7.89. The van der Waals surface area contributed by atoms with Gasteiger partial charge in [-0.2, -0.15) is 4.31 Å². The first kappa shape index (κ1) is 22.0. The highest BCUT2D eigenvalue weighted by Gasteiger charge is 2.33. The van der Waals surface area contributed by atoms with Crippen molar-refractivity contribution in [3.63, 3.8) is 0 Å². The smallest absolute Gasteiger partial charge is 0.245 e. The van der Waals surface area contributed by atoms with Crippen LogP contribution in [0.1, 0.15) is 18.4 Å². The summed E-state index contributed by atoms with van der Waals surface area (Å²) < 4.78 is 40.5. The van der Waals surface area contributed by atoms with Crippen LogP contribution in [0.3, 0.4) is 0 Å². The Morgan fingerprint density at radius 3 is 2.47 bits per heavy atom. The van der Waals surface area contributed by atoms with Crippen molar-refractivity contribution in [3.8, 4) is 0 Å². The third kappa shape index (κ3) is 4.51. The Hall–Kier alpha value is -3.24. The van der Waals surface area contributed by atoms with Crippen LogP contribution in [0.4, 0.5) is 4.39 Å². The summed E-state index contributed by atoms with van der Waals surface area (Å²) in [4.78, 5) is 27.4. The number of hydrazine groups is 1. The van der Waals surface area contributed by atoms with E-state index in [9.17, 15) is 22.4 Å². The minimum absolute atomic E-state index is 0.0953. The predicted octanol–water partition coefficient (Wildman–Crippen LogP) is 2.10. The maximum absolute atomic E-state index is 13.9. The van der Waals surface area contributed by atoms with Crippen molar-refractivity contribution in [1.82, 2.24) is 20.1 Å². The molecular weight excluding hydrogens is 435 g/mol. The van der Waals surface area contributed by atoms with Gasteiger partial charge in [0.05, 0.1) is 6.42 Å². The molecule has 3 aromatic rings. The number of halogens is 1. The molecule has 0 unspecified atom stereocenters. The fraction of sp³-hybridized carbons (Fsp3) is 0.273. The van der Waals surface area contributed by atoms with Gasteiger partial charge in [0.15, 0.2) is 0 Å². The minimum atomic E-state index is -3.96. The number of piperidine rings is 1. The molecule has 1 fully saturated rings. The predicted molar refractivity (Wildman–Crippen MR) is 116 cm³/mol. The zero-order chi connectivity index (χ0) is 22.7. The highest BCUT2D eigenvalue weighted by atomic mass is 32.2. The van der Waals surface area contributed by atoms with E-state index in [1.165, 1.54) is 22.5 Å². The molecule has 4 rings (SSSR count). The van der Waals surface area contributed by atoms with Gasteiger partial charge in [-0.05, 0) is 36.6 Å². The lowest BCUT2D eigenvalue weighted by molar-refractivity contribution is -0.131. The zero-order valence-corrected chi connectivity index (χ0v) is 18.0. The van der Waals surface area contributed by atoms with Crippen molar-refractivity contribution in [1.29, 1.82) is 0 Å². The number of hydrogen-bond donors (Lipinski definition) is 3. The number of rotatable bonds is 5. The van der Waals surface area contributed by atoms with Gasteiger partial charge in [-0.25, -0.2) is 12.8 Å². The minimum Gasteiger partial charge on any atom is -0.361 e. The van der Waals surface area contributed by atoms with Crippen molar-refractivity contribution >= 4 is 32.7 Å². The number of carbonyl (C=O) groups is 2. The number of sulfonamides is 1. The molecule has 0 bridgehead atoms. The summed E-state index contributed by atoms with van der Waals surface area (Å²) in [5.74, 6) is -1.98. The van der Waals surface area contributed by atoms with E-state index in [0.717, 1.165) is 22.5 Å². The number of benzene rings is 2. The van der Waals surface area contributed by atoms with E-state index in [2.05, 4.69) is 15.8 Å². The van der Waals surface area contributed by atoms with Crippen LogP contribution in [0.25, 0.3) is 10.9 Å². The third-order valence-corrected chi connectivity index (χ3v) is 7.56. The van der Waals surface area contributed by atoms with Crippen molar-refractivity contribution in [2.45, 2.75) is 24.2 Å². The summed E-state index contributed by atoms with van der Waals surface area (Å²) in [5, 5.41) is 0.942. The molecule has 0 aliphatic carbocycles. The summed E-state index contributed by atoms with van der Waals surface area (Å²) in [6.45, 7) is 0.191. The quantitative estimate of drug-likeness (QED) is 0.509. The summed E-state index contributed by atoms with van der Waals surface area (Å²) in [5.41, 5.74) is 6.60. The number of nitrogens with zero attached hydrogens (tertiary/aromatic N) is 1. The molecule has 8 nitrogen and oxygen atoms in total. The molecule has 1 aromatic heterocycles. The number of carbonyl (C=O) groups excluding carboxylic acids is 2. The van der Waals surface area contributed by atoms with Gasteiger partial charge in [0.2, 0.25) is 21.8 Å². The van der Waals surface area contributed by atoms with E-state index in [1.54, 1.807) is 6.20 Å². The fourth-order valence-electron chi connectivity index (χ4n) is 3.88. The number of aromatic amines is 1. The van der Waals surface area contributed by atoms with Crippen LogP contribution in [-0.2, 0) is 26.0 Å². The molecular formula is C22H23FN4O4S. The van der Waals surface area contributed by atoms with Crippen LogP contribution in [0.15, 0.2) is 59.6 Å². The Balaban J connectivity index is 1.28. The summed E-state index contributed by atoms with van der Waals surface area (Å²) in [6, 6.07) is 12.8. The summed E-state index contributed by atoms with van der Waals surface area (Å²) >= 11 is 0. The Kier molecular flexibility index (Phi) is 6.24. The van der Waals surface area contributed by atoms with E-state index in [0.29, 0.717) is 0 Å². The summed E-state index contributed by atoms with van der Waals surface area (Å²) in [6.07, 6.45) is 2.41. The number of para-hydroxylation sites is 1. The molecule has 168 valence electrons. The third-order valence-electron chi connectivity index (χ3n) is 5.63. The molecule has 0 atom stereocenters. The maximum atomic E-state index is 13.9. The molecule has 2 heterocycles. The van der Waals surface area contributed by atoms with E-state index < -0.39 is 21.8 Å². The van der Waals surface area contributed by atoms with Gasteiger partial charge >= 0.3 is 0 Å². The largest absolute Gasteiger partial charge is 0.361 e. The van der Waals surface area contributed by atoms with E-state index in [1.807, 2.05) is 24.3 Å². The van der Waals surface area contributed by atoms with Gasteiger partial charge in [0.1, 0.15) is 10.7 Å². The average Bonchev–Trinajstić information content (AvgIpc) is 3.20. The van der Waals surface area contributed by atoms with Crippen LogP contribution in [-0.4, -0.2) is 42.6 Å². The molecule has 0 spiro atoms. The Morgan fingerprint density at radius 2 is 1.72 bits per heavy atom. The van der Waals surface area contributed by atoms with Crippen molar-refractivity contribution in [2.24, 2.45) is 5.92 Å². The second-order valence-electron chi connectivity index (χ2n) is 7.68. The SMILES string of the molecule is O=C(Cc1c[nH]c2ccccc12)NNC(=O)C1CCN(S(=O)(=O)c2ccccc2F)CC1. The van der Waals surface area contributed by atoms with Crippen LogP contribution >= 0.6 is 0 Å². The number of amides is 2. The van der Waals surface area contributed by atoms with E-state index in [-0.39, 0.29) is 49.1 Å². The molecule has 2 aromatic carbocycles. The molecule has 0 saturated carbocycles. The first-order valence-electron chi connectivity index (χ1n) is 10.2. The number of aromatic nitrogens is 1. The second-order valence-corrected chi connectivity index (χ2v) is 9.59. The Morgan fingerprint density at radius 1 is 1.03 bits per heavy atom. The number of hydrogen-bond acceptors (Lipinski definition) is 4. The molecule has 2 amide bonds. The second kappa shape index (κ2) is 9.09. The van der Waals surface area contributed by atoms with Crippen LogP contribution in [0.2, 0.25) is 0 Å². The van der Waals surface area contributed by atoms with Crippen molar-refractivity contribution in [2.75, 3.05) is 13.1 Å². The van der Waals surface area contributed by atoms with Gasteiger partial charge < -0.3 is 4.98 Å². The lowest BCUT2D eigenvalue weighted by Gasteiger charge is -2.30. The van der Waals surface area contributed by atoms with Gasteiger partial charge in [0.25, 0.3) is 0 Å². The van der Waals surface area contributed by atoms with Gasteiger partial charge in [-0.3, -0.25) is 20.4 Å². The van der Waals surface area contributed by atoms with Crippen molar-refractivity contribution < 1.29 is 22.4 Å². The van der Waals surface area contributed by atoms with E-state index in [4.69, 9.17) is 0 Å². The van der Waals surface area contributed by atoms with Gasteiger partial charge in [0, 0.05) is 36.1 Å². The highest BCUT2D eigenvalue weighted by Crippen LogP contribution is 2.25. The topological polar surface area (TPSA) is 111 Å². The first-order valence-corrected chi connectivity index (χ1v) is 11.7. The number of nitrogens with one attached hydrogen (secondary N) is 3. The molecule has 0 radical (unpaired) electrons. The average molecular weight is 459 g/mol. The van der Waals surface area contributed by atoms with Gasteiger partial charge in [-0.1, -0.05) is 30.3 Å². The normalized spacial score (nSPS) is 15.5. The fourth-order valence-corrected chi connectivity index (χ4v) is 5.41. The standard InChI is InChI=1S/C22H23FN4O4S/c23-18-6-2-4-8-20(18)32(30,31)27-11-9-15(10-12-27)22(29)26-25-21(28)13-16-14-24-19-7-3-1-5-17(16)19/h1-8,14-15,24H,9-13H2,(H,25,28)(H,26,29). The van der Waals surface area contributed by atoms with Gasteiger partial charge in [-0.15, -0.1) is 0 Å². The monoisotopic (exact) mass is 458 g/mol. The molecule has 3 N–H and O–H groups in total. The first-order chi connectivity index (χ1) is 15.4. The molecule has 1 saturated heterocycles. The number of H-pyrrole nitrogens is 1. The molecule has 1 aliphatic heterocycles. The molecule has 10 heteroatoms. The Labute approximate surface area is 184 Å². The van der Waals surface area contributed by atoms with E-state index >= 15 is 0 Å². The van der Waals surface area contributed by atoms with Crippen molar-refractivity contribution in [3.05, 3.63) is 66.1 Å². The van der Waals surface area contributed by atoms with Crippen LogP contribution in [0, 0.1) is 11.7 Å². The molecule has 32 heavy (non-hydrogen) atoms. The number of fused-ring (bicyclic) bond motifs is 1. The summed E-state index contributed by atoms with van der Waals surface area (Å²) in [7, 11) is -3.96. The Bertz CT molecular complexity index is 1250. The lowest BCUT2D eigenvalue weighted by Crippen LogP contribution is -2.48. The molecule has 1 aliphatic rings. The zero-order valence-electron chi connectivity index (χ0n) is 17.2. The van der Waals surface area contributed by atoms with Crippen LogP contribution < -0.4 is 10.9 Å². The maximum Gasteiger partial charge on any atom is 0.245 e. The van der Waals surface area contributed by atoms with Crippen LogP contribution in [0.5, 0.6) is 0 Å². The lowest BCUT2D eigenvalue weighted by atomic mass is 9.98.